The number of fused-ring (bicyclic) bond motifs is 1. The fraction of sp³-hybridized carbons (Fsp3) is 0.0556. The number of hydrogen-bond acceptors (Lipinski definition) is 4. The number of hydrogen-bond donors (Lipinski definition) is 1. The number of anilines is 1. The Morgan fingerprint density at radius 3 is 2.72 bits per heavy atom. The molecule has 3 rings (SSSR count). The average molecular weight is 358 g/mol. The molecule has 0 bridgehead atoms. The van der Waals surface area contributed by atoms with Gasteiger partial charge in [-0.2, -0.15) is 0 Å². The Labute approximate surface area is 147 Å². The van der Waals surface area contributed by atoms with E-state index in [-0.39, 0.29) is 22.0 Å². The van der Waals surface area contributed by atoms with Gasteiger partial charge in [0.1, 0.15) is 11.5 Å². The Bertz CT molecular complexity index is 986. The third-order valence-corrected chi connectivity index (χ3v) is 3.92. The molecule has 5 nitrogen and oxygen atoms in total. The van der Waals surface area contributed by atoms with Gasteiger partial charge in [-0.15, -0.1) is 0 Å². The minimum Gasteiger partial charge on any atom is -0.550 e. The molecule has 3 aromatic rings. The van der Waals surface area contributed by atoms with Crippen molar-refractivity contribution in [2.24, 2.45) is 0 Å². The first kappa shape index (κ1) is 16.9. The number of carboxylic acid groups (broad SMARTS) is 1. The van der Waals surface area contributed by atoms with Gasteiger partial charge in [-0.1, -0.05) is 35.9 Å². The molecule has 0 fully saturated rings. The van der Waals surface area contributed by atoms with Crippen LogP contribution in [0.2, 0.25) is 5.02 Å². The summed E-state index contributed by atoms with van der Waals surface area (Å²) in [5, 5.41) is 14.6. The molecule has 1 amide bonds. The Morgan fingerprint density at radius 1 is 1.20 bits per heavy atom. The van der Waals surface area contributed by atoms with Gasteiger partial charge >= 0.3 is 0 Å². The van der Waals surface area contributed by atoms with Crippen molar-refractivity contribution < 1.29 is 19.1 Å². The van der Waals surface area contributed by atoms with Gasteiger partial charge in [0.25, 0.3) is 5.91 Å². The number of nitrogens with one attached hydrogen (secondary N) is 1. The quantitative estimate of drug-likeness (QED) is 0.778. The summed E-state index contributed by atoms with van der Waals surface area (Å²) in [7, 11) is 0. The molecule has 0 saturated carbocycles. The molecule has 0 aliphatic heterocycles. The van der Waals surface area contributed by atoms with Crippen molar-refractivity contribution in [3.8, 4) is 0 Å². The van der Waals surface area contributed by atoms with Crippen molar-refractivity contribution in [2.45, 2.75) is 6.42 Å². The molecular weight excluding hydrogens is 347 g/mol. The lowest BCUT2D eigenvalue weighted by Gasteiger charge is -2.11. The second-order valence-corrected chi connectivity index (χ2v) is 5.71. The first-order valence-corrected chi connectivity index (χ1v) is 7.66. The van der Waals surface area contributed by atoms with Crippen LogP contribution in [0.5, 0.6) is 0 Å². The molecule has 126 valence electrons. The second-order valence-electron chi connectivity index (χ2n) is 5.31. The van der Waals surface area contributed by atoms with Crippen LogP contribution in [0.3, 0.4) is 0 Å². The molecule has 2 aromatic carbocycles. The highest BCUT2D eigenvalue weighted by Gasteiger charge is 2.15. The summed E-state index contributed by atoms with van der Waals surface area (Å²) in [4.78, 5) is 27.2. The monoisotopic (exact) mass is 357 g/mol. The summed E-state index contributed by atoms with van der Waals surface area (Å²) in [5.41, 5.74) is 0.0840. The molecule has 0 aliphatic rings. The van der Waals surface area contributed by atoms with Crippen LogP contribution in [0.25, 0.3) is 10.8 Å². The van der Waals surface area contributed by atoms with Crippen LogP contribution >= 0.6 is 11.6 Å². The SMILES string of the molecule is O=C([O-])Cc1cc(Cl)c(NC(=O)c2nccc3ccccc23)cc1F. The minimum atomic E-state index is -1.42. The predicted octanol–water partition coefficient (Wildman–Crippen LogP) is 2.57. The van der Waals surface area contributed by atoms with Crippen molar-refractivity contribution in [1.82, 2.24) is 4.98 Å². The van der Waals surface area contributed by atoms with E-state index < -0.39 is 24.1 Å². The standard InChI is InChI=1S/C18H12ClFN2O3/c19-13-7-11(8-16(23)24)14(20)9-15(13)22-18(25)17-12-4-2-1-3-10(12)5-6-21-17/h1-7,9H,8H2,(H,22,25)(H,23,24)/p-1. The van der Waals surface area contributed by atoms with Crippen LogP contribution < -0.4 is 10.4 Å². The van der Waals surface area contributed by atoms with E-state index in [0.717, 1.165) is 17.5 Å². The van der Waals surface area contributed by atoms with E-state index in [4.69, 9.17) is 11.6 Å². The maximum absolute atomic E-state index is 14.0. The highest BCUT2D eigenvalue weighted by atomic mass is 35.5. The Hall–Kier alpha value is -2.99. The molecule has 1 heterocycles. The number of aliphatic carboxylic acids is 1. The zero-order valence-corrected chi connectivity index (χ0v) is 13.5. The molecule has 0 spiro atoms. The summed E-state index contributed by atoms with van der Waals surface area (Å²) in [6.45, 7) is 0. The van der Waals surface area contributed by atoms with Gasteiger partial charge in [0.2, 0.25) is 0 Å². The number of benzene rings is 2. The molecular formula is C18H11ClFN2O3-. The summed E-state index contributed by atoms with van der Waals surface area (Å²) in [6.07, 6.45) is 0.896. The van der Waals surface area contributed by atoms with Crippen LogP contribution in [0.4, 0.5) is 10.1 Å². The van der Waals surface area contributed by atoms with Gasteiger partial charge in [-0.05, 0) is 29.1 Å². The molecule has 0 radical (unpaired) electrons. The molecule has 7 heteroatoms. The predicted molar refractivity (Wildman–Crippen MR) is 89.8 cm³/mol. The first-order valence-electron chi connectivity index (χ1n) is 7.28. The zero-order valence-electron chi connectivity index (χ0n) is 12.8. The van der Waals surface area contributed by atoms with Gasteiger partial charge < -0.3 is 15.2 Å². The number of carbonyl (C=O) groups excluding carboxylic acids is 2. The molecule has 0 unspecified atom stereocenters. The summed E-state index contributed by atoms with van der Waals surface area (Å²) >= 11 is 6.02. The summed E-state index contributed by atoms with van der Waals surface area (Å²) < 4.78 is 14.0. The van der Waals surface area contributed by atoms with Crippen LogP contribution in [0, 0.1) is 5.82 Å². The molecule has 1 N–H and O–H groups in total. The zero-order chi connectivity index (χ0) is 18.0. The van der Waals surface area contributed by atoms with E-state index in [1.54, 1.807) is 18.2 Å². The van der Waals surface area contributed by atoms with E-state index in [9.17, 15) is 19.1 Å². The van der Waals surface area contributed by atoms with Gasteiger partial charge in [0.15, 0.2) is 0 Å². The van der Waals surface area contributed by atoms with Crippen LogP contribution in [-0.4, -0.2) is 16.9 Å². The minimum absolute atomic E-state index is 0.0197. The number of nitrogens with zero attached hydrogens (tertiary/aromatic N) is 1. The van der Waals surface area contributed by atoms with Crippen molar-refractivity contribution in [2.75, 3.05) is 5.32 Å². The maximum Gasteiger partial charge on any atom is 0.274 e. The fourth-order valence-electron chi connectivity index (χ4n) is 2.46. The number of carboxylic acids is 1. The van der Waals surface area contributed by atoms with Crippen molar-refractivity contribution in [1.29, 1.82) is 0 Å². The molecule has 0 saturated heterocycles. The topological polar surface area (TPSA) is 82.1 Å². The normalized spacial score (nSPS) is 10.6. The Balaban J connectivity index is 1.93. The number of aromatic nitrogens is 1. The highest BCUT2D eigenvalue weighted by Crippen LogP contribution is 2.27. The lowest BCUT2D eigenvalue weighted by molar-refractivity contribution is -0.304. The van der Waals surface area contributed by atoms with Gasteiger partial charge in [-0.25, -0.2) is 4.39 Å². The van der Waals surface area contributed by atoms with E-state index >= 15 is 0 Å². The van der Waals surface area contributed by atoms with E-state index in [0.29, 0.717) is 5.39 Å². The average Bonchev–Trinajstić information content (AvgIpc) is 2.58. The fourth-order valence-corrected chi connectivity index (χ4v) is 2.69. The van der Waals surface area contributed by atoms with Crippen molar-refractivity contribution in [3.05, 3.63) is 70.8 Å². The second kappa shape index (κ2) is 6.86. The van der Waals surface area contributed by atoms with Crippen molar-refractivity contribution >= 4 is 39.9 Å². The van der Waals surface area contributed by atoms with E-state index in [2.05, 4.69) is 10.3 Å². The van der Waals surface area contributed by atoms with Gasteiger partial charge in [0.05, 0.1) is 10.7 Å². The third kappa shape index (κ3) is 3.59. The number of carbonyl (C=O) groups is 2. The third-order valence-electron chi connectivity index (χ3n) is 3.61. The lowest BCUT2D eigenvalue weighted by atomic mass is 10.1. The van der Waals surface area contributed by atoms with E-state index in [1.807, 2.05) is 12.1 Å². The number of halogens is 2. The smallest absolute Gasteiger partial charge is 0.274 e. The summed E-state index contributed by atoms with van der Waals surface area (Å²) in [5.74, 6) is -2.77. The Morgan fingerprint density at radius 2 is 1.96 bits per heavy atom. The molecule has 25 heavy (non-hydrogen) atoms. The highest BCUT2D eigenvalue weighted by molar-refractivity contribution is 6.34. The number of rotatable bonds is 4. The van der Waals surface area contributed by atoms with Crippen molar-refractivity contribution in [3.63, 3.8) is 0 Å². The molecule has 0 atom stereocenters. The largest absolute Gasteiger partial charge is 0.550 e. The first-order chi connectivity index (χ1) is 12.0. The van der Waals surface area contributed by atoms with E-state index in [1.165, 1.54) is 6.20 Å². The van der Waals surface area contributed by atoms with Crippen LogP contribution in [0.1, 0.15) is 16.1 Å². The van der Waals surface area contributed by atoms with Crippen LogP contribution in [-0.2, 0) is 11.2 Å². The molecule has 0 aliphatic carbocycles. The van der Waals surface area contributed by atoms with Crippen LogP contribution in [0.15, 0.2) is 48.7 Å². The lowest BCUT2D eigenvalue weighted by Crippen LogP contribution is -2.25. The van der Waals surface area contributed by atoms with Gasteiger partial charge in [0, 0.05) is 24.0 Å². The summed E-state index contributed by atoms with van der Waals surface area (Å²) in [6, 6.07) is 11.1. The Kier molecular flexibility index (Phi) is 4.63. The molecule has 1 aromatic heterocycles. The van der Waals surface area contributed by atoms with Gasteiger partial charge in [-0.3, -0.25) is 9.78 Å². The number of amides is 1. The maximum atomic E-state index is 14.0. The number of pyridine rings is 1.